The van der Waals surface area contributed by atoms with E-state index in [1.54, 1.807) is 6.92 Å². The molecule has 4 nitrogen and oxygen atoms in total. The third kappa shape index (κ3) is 7.10. The van der Waals surface area contributed by atoms with Crippen molar-refractivity contribution in [1.82, 2.24) is 0 Å². The number of thioether (sulfide) groups is 2. The molecular formula is C23H39NO3S2. The average Bonchev–Trinajstić information content (AvgIpc) is 2.71. The van der Waals surface area contributed by atoms with Crippen LogP contribution in [-0.4, -0.2) is 46.9 Å². The van der Waals surface area contributed by atoms with Crippen molar-refractivity contribution >= 4 is 40.9 Å². The minimum atomic E-state index is -0.540. The van der Waals surface area contributed by atoms with E-state index in [0.717, 1.165) is 23.0 Å². The normalized spacial score (nSPS) is 35.0. The van der Waals surface area contributed by atoms with E-state index in [1.807, 2.05) is 37.4 Å². The SMILES string of the molecule is CC(=O)CC[C@@]1(C)CSC[C@H]2CCCC[C@@H]2CSC[C@@](C)(C(=O)CN)CCC1=O. The van der Waals surface area contributed by atoms with Crippen molar-refractivity contribution in [3.63, 3.8) is 0 Å². The highest BCUT2D eigenvalue weighted by molar-refractivity contribution is 7.99. The van der Waals surface area contributed by atoms with Gasteiger partial charge in [-0.1, -0.05) is 26.7 Å². The monoisotopic (exact) mass is 441 g/mol. The summed E-state index contributed by atoms with van der Waals surface area (Å²) in [6, 6.07) is 0. The largest absolute Gasteiger partial charge is 0.324 e. The molecule has 29 heavy (non-hydrogen) atoms. The molecule has 1 aliphatic carbocycles. The molecule has 1 saturated carbocycles. The lowest BCUT2D eigenvalue weighted by molar-refractivity contribution is -0.129. The summed E-state index contributed by atoms with van der Waals surface area (Å²) in [4.78, 5) is 37.5. The van der Waals surface area contributed by atoms with Crippen LogP contribution >= 0.6 is 23.5 Å². The Morgan fingerprint density at radius 3 is 2.21 bits per heavy atom. The van der Waals surface area contributed by atoms with Crippen LogP contribution in [-0.2, 0) is 14.4 Å². The van der Waals surface area contributed by atoms with E-state index in [1.165, 1.54) is 25.7 Å². The molecular weight excluding hydrogens is 402 g/mol. The van der Waals surface area contributed by atoms with Gasteiger partial charge in [-0.25, -0.2) is 0 Å². The lowest BCUT2D eigenvalue weighted by Crippen LogP contribution is -2.38. The van der Waals surface area contributed by atoms with Crippen LogP contribution in [0.1, 0.15) is 72.1 Å². The number of fused-ring (bicyclic) bond motifs is 1. The Balaban J connectivity index is 2.22. The summed E-state index contributed by atoms with van der Waals surface area (Å²) in [5.41, 5.74) is 4.69. The molecule has 6 heteroatoms. The number of carbonyl (C=O) groups is 3. The molecule has 0 radical (unpaired) electrons. The van der Waals surface area contributed by atoms with Gasteiger partial charge in [0.15, 0.2) is 5.78 Å². The molecule has 2 fully saturated rings. The zero-order valence-electron chi connectivity index (χ0n) is 18.5. The smallest absolute Gasteiger partial charge is 0.153 e. The van der Waals surface area contributed by atoms with Gasteiger partial charge in [0, 0.05) is 35.2 Å². The topological polar surface area (TPSA) is 77.2 Å². The second kappa shape index (κ2) is 11.3. The van der Waals surface area contributed by atoms with Crippen LogP contribution in [0.25, 0.3) is 0 Å². The predicted molar refractivity (Wildman–Crippen MR) is 125 cm³/mol. The van der Waals surface area contributed by atoms with E-state index < -0.39 is 10.8 Å². The molecule has 2 N–H and O–H groups in total. The van der Waals surface area contributed by atoms with Crippen molar-refractivity contribution in [3.8, 4) is 0 Å². The van der Waals surface area contributed by atoms with E-state index in [9.17, 15) is 14.4 Å². The molecule has 0 aromatic rings. The molecule has 0 spiro atoms. The quantitative estimate of drug-likeness (QED) is 0.675. The third-order valence-electron chi connectivity index (χ3n) is 7.04. The van der Waals surface area contributed by atoms with E-state index in [2.05, 4.69) is 0 Å². The highest BCUT2D eigenvalue weighted by Gasteiger charge is 2.38. The zero-order valence-corrected chi connectivity index (χ0v) is 20.1. The minimum Gasteiger partial charge on any atom is -0.324 e. The van der Waals surface area contributed by atoms with E-state index >= 15 is 0 Å². The second-order valence-electron chi connectivity index (χ2n) is 9.71. The number of carbonyl (C=O) groups excluding carboxylic acids is 3. The van der Waals surface area contributed by atoms with Crippen molar-refractivity contribution in [2.75, 3.05) is 29.6 Å². The number of hydrogen-bond acceptors (Lipinski definition) is 6. The maximum atomic E-state index is 13.3. The van der Waals surface area contributed by atoms with Gasteiger partial charge in [0.2, 0.25) is 0 Å². The zero-order chi connectivity index (χ0) is 21.5. The molecule has 0 bridgehead atoms. The van der Waals surface area contributed by atoms with Crippen LogP contribution in [0.5, 0.6) is 0 Å². The highest BCUT2D eigenvalue weighted by atomic mass is 32.2. The van der Waals surface area contributed by atoms with Crippen molar-refractivity contribution < 1.29 is 14.4 Å². The van der Waals surface area contributed by atoms with Crippen LogP contribution in [0, 0.1) is 22.7 Å². The fraction of sp³-hybridized carbons (Fsp3) is 0.870. The average molecular weight is 442 g/mol. The first kappa shape index (κ1) is 24.9. The Morgan fingerprint density at radius 1 is 1.07 bits per heavy atom. The standard InChI is InChI=1S/C23H39NO3S2/c1-17(25)8-10-22(2)15-28-13-18-6-4-5-7-19(18)14-29-16-23(3,21(27)12-24)11-9-20(22)26/h18-19H,4-16,24H2,1-3H3/t18-,19-,22+,23+/m1/s1. The van der Waals surface area contributed by atoms with Crippen molar-refractivity contribution in [3.05, 3.63) is 0 Å². The summed E-state index contributed by atoms with van der Waals surface area (Å²) in [7, 11) is 0. The summed E-state index contributed by atoms with van der Waals surface area (Å²) in [6.07, 6.45) is 7.17. The summed E-state index contributed by atoms with van der Waals surface area (Å²) in [5.74, 6) is 5.54. The molecule has 0 aromatic carbocycles. The van der Waals surface area contributed by atoms with Gasteiger partial charge in [0.25, 0.3) is 0 Å². The minimum absolute atomic E-state index is 0.0365. The van der Waals surface area contributed by atoms with Gasteiger partial charge in [-0.15, -0.1) is 0 Å². The van der Waals surface area contributed by atoms with Crippen LogP contribution in [0.4, 0.5) is 0 Å². The molecule has 0 unspecified atom stereocenters. The predicted octanol–water partition coefficient (Wildman–Crippen LogP) is 4.53. The fourth-order valence-electron chi connectivity index (χ4n) is 4.57. The van der Waals surface area contributed by atoms with E-state index in [0.29, 0.717) is 37.5 Å². The number of rotatable bonds is 5. The maximum absolute atomic E-state index is 13.3. The Kier molecular flexibility index (Phi) is 9.75. The molecule has 1 heterocycles. The number of nitrogens with two attached hydrogens (primary N) is 1. The second-order valence-corrected chi connectivity index (χ2v) is 11.8. The van der Waals surface area contributed by atoms with Gasteiger partial charge in [-0.2, -0.15) is 23.5 Å². The van der Waals surface area contributed by atoms with Gasteiger partial charge in [-0.3, -0.25) is 9.59 Å². The summed E-state index contributed by atoms with van der Waals surface area (Å²) >= 11 is 3.79. The van der Waals surface area contributed by atoms with Gasteiger partial charge >= 0.3 is 0 Å². The molecule has 1 saturated heterocycles. The number of ketones is 3. The molecule has 166 valence electrons. The first-order valence-electron chi connectivity index (χ1n) is 11.1. The van der Waals surface area contributed by atoms with E-state index in [4.69, 9.17) is 5.73 Å². The Labute approximate surface area is 185 Å². The van der Waals surface area contributed by atoms with Crippen LogP contribution in [0.2, 0.25) is 0 Å². The Hall–Kier alpha value is -0.330. The number of Topliss-reactive ketones (excluding diaryl/α,β-unsaturated/α-hetero) is 3. The van der Waals surface area contributed by atoms with Crippen LogP contribution < -0.4 is 5.73 Å². The summed E-state index contributed by atoms with van der Waals surface area (Å²) < 4.78 is 0. The first-order chi connectivity index (χ1) is 13.7. The van der Waals surface area contributed by atoms with Gasteiger partial charge in [0.05, 0.1) is 6.54 Å². The van der Waals surface area contributed by atoms with Crippen LogP contribution in [0.3, 0.4) is 0 Å². The summed E-state index contributed by atoms with van der Waals surface area (Å²) in [5, 5.41) is 0. The Morgan fingerprint density at radius 2 is 1.66 bits per heavy atom. The van der Waals surface area contributed by atoms with E-state index in [-0.39, 0.29) is 23.9 Å². The van der Waals surface area contributed by atoms with Gasteiger partial charge in [-0.05, 0) is 55.9 Å². The molecule has 4 atom stereocenters. The number of hydrogen-bond donors (Lipinski definition) is 1. The molecule has 1 aliphatic heterocycles. The maximum Gasteiger partial charge on any atom is 0.153 e. The fourth-order valence-corrected chi connectivity index (χ4v) is 7.80. The lowest BCUT2D eigenvalue weighted by atomic mass is 9.76. The van der Waals surface area contributed by atoms with Gasteiger partial charge < -0.3 is 10.5 Å². The molecule has 2 rings (SSSR count). The van der Waals surface area contributed by atoms with Crippen LogP contribution in [0.15, 0.2) is 0 Å². The van der Waals surface area contributed by atoms with Gasteiger partial charge in [0.1, 0.15) is 11.6 Å². The molecule has 0 aromatic heterocycles. The first-order valence-corrected chi connectivity index (χ1v) is 13.4. The third-order valence-corrected chi connectivity index (χ3v) is 10.0. The molecule has 2 aliphatic rings. The van der Waals surface area contributed by atoms with Crippen molar-refractivity contribution in [1.29, 1.82) is 0 Å². The Bertz CT molecular complexity index is 597. The lowest BCUT2D eigenvalue weighted by Gasteiger charge is -2.33. The highest BCUT2D eigenvalue weighted by Crippen LogP contribution is 2.40. The molecule has 0 amide bonds. The van der Waals surface area contributed by atoms with Crippen molar-refractivity contribution in [2.24, 2.45) is 28.4 Å². The summed E-state index contributed by atoms with van der Waals surface area (Å²) in [6.45, 7) is 5.65. The van der Waals surface area contributed by atoms with Crippen molar-refractivity contribution in [2.45, 2.75) is 72.1 Å².